The summed E-state index contributed by atoms with van der Waals surface area (Å²) in [5, 5.41) is 12.0. The Labute approximate surface area is 120 Å². The monoisotopic (exact) mass is 283 g/mol. The van der Waals surface area contributed by atoms with E-state index in [1.165, 1.54) is 12.8 Å². The predicted molar refractivity (Wildman–Crippen MR) is 75.5 cm³/mol. The van der Waals surface area contributed by atoms with Gasteiger partial charge < -0.3 is 15.3 Å². The molecule has 2 amide bonds. The molecule has 0 radical (unpaired) electrons. The van der Waals surface area contributed by atoms with Crippen LogP contribution in [0.1, 0.15) is 26.7 Å². The zero-order valence-corrected chi connectivity index (χ0v) is 12.3. The SMILES string of the molecule is CC1CN(C(=O)NCC(C)N2CCCC2)CC1C(=O)O. The maximum absolute atomic E-state index is 12.1. The average Bonchev–Trinajstić information content (AvgIpc) is 3.04. The molecule has 2 fully saturated rings. The van der Waals surface area contributed by atoms with Crippen LogP contribution < -0.4 is 5.32 Å². The van der Waals surface area contributed by atoms with Gasteiger partial charge in [0.1, 0.15) is 0 Å². The molecule has 3 unspecified atom stereocenters. The van der Waals surface area contributed by atoms with Crippen molar-refractivity contribution in [3.05, 3.63) is 0 Å². The van der Waals surface area contributed by atoms with E-state index in [9.17, 15) is 9.59 Å². The Hall–Kier alpha value is -1.30. The fourth-order valence-corrected chi connectivity index (χ4v) is 3.11. The predicted octanol–water partition coefficient (Wildman–Crippen LogP) is 0.833. The standard InChI is InChI=1S/C14H25N3O3/c1-10-8-17(9-12(10)13(18)19)14(20)15-7-11(2)16-5-3-4-6-16/h10-12H,3-9H2,1-2H3,(H,15,20)(H,18,19). The third kappa shape index (κ3) is 3.42. The van der Waals surface area contributed by atoms with Crippen LogP contribution in [-0.2, 0) is 4.79 Å². The van der Waals surface area contributed by atoms with Crippen LogP contribution in [0.4, 0.5) is 4.79 Å². The van der Waals surface area contributed by atoms with Gasteiger partial charge >= 0.3 is 12.0 Å². The number of hydrogen-bond donors (Lipinski definition) is 2. The van der Waals surface area contributed by atoms with Crippen molar-refractivity contribution in [2.45, 2.75) is 32.7 Å². The molecule has 2 rings (SSSR count). The van der Waals surface area contributed by atoms with Crippen molar-refractivity contribution in [1.29, 1.82) is 0 Å². The topological polar surface area (TPSA) is 72.9 Å². The van der Waals surface area contributed by atoms with Crippen molar-refractivity contribution in [3.63, 3.8) is 0 Å². The summed E-state index contributed by atoms with van der Waals surface area (Å²) < 4.78 is 0. The molecular weight excluding hydrogens is 258 g/mol. The smallest absolute Gasteiger partial charge is 0.317 e. The van der Waals surface area contributed by atoms with Gasteiger partial charge in [-0.05, 0) is 38.8 Å². The summed E-state index contributed by atoms with van der Waals surface area (Å²) in [7, 11) is 0. The van der Waals surface area contributed by atoms with E-state index < -0.39 is 11.9 Å². The van der Waals surface area contributed by atoms with Crippen molar-refractivity contribution in [2.24, 2.45) is 11.8 Å². The van der Waals surface area contributed by atoms with E-state index in [0.717, 1.165) is 13.1 Å². The highest BCUT2D eigenvalue weighted by Crippen LogP contribution is 2.23. The molecule has 6 nitrogen and oxygen atoms in total. The lowest BCUT2D eigenvalue weighted by Gasteiger charge is -2.25. The van der Waals surface area contributed by atoms with Crippen LogP contribution in [0.2, 0.25) is 0 Å². The number of carboxylic acid groups (broad SMARTS) is 1. The normalized spacial score (nSPS) is 28.6. The fourth-order valence-electron chi connectivity index (χ4n) is 3.11. The molecular formula is C14H25N3O3. The van der Waals surface area contributed by atoms with Crippen molar-refractivity contribution < 1.29 is 14.7 Å². The first-order valence-corrected chi connectivity index (χ1v) is 7.48. The molecule has 0 aromatic rings. The Morgan fingerprint density at radius 2 is 1.95 bits per heavy atom. The Bertz CT molecular complexity index is 369. The first-order chi connectivity index (χ1) is 9.49. The van der Waals surface area contributed by atoms with Crippen LogP contribution in [0.25, 0.3) is 0 Å². The van der Waals surface area contributed by atoms with Crippen LogP contribution in [-0.4, -0.2) is 65.7 Å². The van der Waals surface area contributed by atoms with Crippen LogP contribution in [0.5, 0.6) is 0 Å². The molecule has 3 atom stereocenters. The molecule has 2 heterocycles. The van der Waals surface area contributed by atoms with E-state index in [0.29, 0.717) is 25.7 Å². The fraction of sp³-hybridized carbons (Fsp3) is 0.857. The van der Waals surface area contributed by atoms with Crippen LogP contribution in [0, 0.1) is 11.8 Å². The molecule has 0 aliphatic carbocycles. The first kappa shape index (κ1) is 15.1. The van der Waals surface area contributed by atoms with Crippen molar-refractivity contribution in [3.8, 4) is 0 Å². The second-order valence-electron chi connectivity index (χ2n) is 6.11. The van der Waals surface area contributed by atoms with Gasteiger partial charge in [0.15, 0.2) is 0 Å². The number of aliphatic carboxylic acids is 1. The van der Waals surface area contributed by atoms with E-state index >= 15 is 0 Å². The minimum Gasteiger partial charge on any atom is -0.481 e. The third-order valence-electron chi connectivity index (χ3n) is 4.53. The van der Waals surface area contributed by atoms with Gasteiger partial charge in [0, 0.05) is 25.7 Å². The molecule has 0 aromatic carbocycles. The highest BCUT2D eigenvalue weighted by Gasteiger charge is 2.37. The molecule has 2 aliphatic rings. The Kier molecular flexibility index (Phi) is 4.86. The van der Waals surface area contributed by atoms with Crippen LogP contribution >= 0.6 is 0 Å². The summed E-state index contributed by atoms with van der Waals surface area (Å²) in [5.41, 5.74) is 0. The quantitative estimate of drug-likeness (QED) is 0.801. The molecule has 2 N–H and O–H groups in total. The summed E-state index contributed by atoms with van der Waals surface area (Å²) in [6, 6.07) is 0.211. The molecule has 0 aromatic heterocycles. The van der Waals surface area contributed by atoms with E-state index in [1.807, 2.05) is 6.92 Å². The summed E-state index contributed by atoms with van der Waals surface area (Å²) in [5.74, 6) is -1.22. The highest BCUT2D eigenvalue weighted by molar-refractivity contribution is 5.77. The third-order valence-corrected chi connectivity index (χ3v) is 4.53. The van der Waals surface area contributed by atoms with Gasteiger partial charge in [-0.15, -0.1) is 0 Å². The summed E-state index contributed by atoms with van der Waals surface area (Å²) >= 11 is 0. The number of carboxylic acids is 1. The largest absolute Gasteiger partial charge is 0.481 e. The van der Waals surface area contributed by atoms with E-state index in [1.54, 1.807) is 4.90 Å². The number of carbonyl (C=O) groups is 2. The second kappa shape index (κ2) is 6.43. The lowest BCUT2D eigenvalue weighted by molar-refractivity contribution is -0.142. The van der Waals surface area contributed by atoms with Crippen molar-refractivity contribution in [1.82, 2.24) is 15.1 Å². The summed E-state index contributed by atoms with van der Waals surface area (Å²) in [6.45, 7) is 7.71. The molecule has 0 bridgehead atoms. The van der Waals surface area contributed by atoms with E-state index in [2.05, 4.69) is 17.1 Å². The van der Waals surface area contributed by atoms with Crippen LogP contribution in [0.3, 0.4) is 0 Å². The number of amides is 2. The van der Waals surface area contributed by atoms with Crippen LogP contribution in [0.15, 0.2) is 0 Å². The highest BCUT2D eigenvalue weighted by atomic mass is 16.4. The second-order valence-corrected chi connectivity index (χ2v) is 6.11. The average molecular weight is 283 g/mol. The Morgan fingerprint density at radius 1 is 1.30 bits per heavy atom. The Balaban J connectivity index is 1.76. The maximum atomic E-state index is 12.1. The number of urea groups is 1. The Morgan fingerprint density at radius 3 is 2.50 bits per heavy atom. The molecule has 0 spiro atoms. The van der Waals surface area contributed by atoms with Gasteiger partial charge in [0.25, 0.3) is 0 Å². The maximum Gasteiger partial charge on any atom is 0.317 e. The first-order valence-electron chi connectivity index (χ1n) is 7.48. The van der Waals surface area contributed by atoms with Crippen molar-refractivity contribution >= 4 is 12.0 Å². The molecule has 114 valence electrons. The van der Waals surface area contributed by atoms with Gasteiger partial charge in [-0.25, -0.2) is 4.79 Å². The zero-order chi connectivity index (χ0) is 14.7. The van der Waals surface area contributed by atoms with Gasteiger partial charge in [-0.1, -0.05) is 6.92 Å². The number of nitrogens with one attached hydrogen (secondary N) is 1. The minimum absolute atomic E-state index is 0.0225. The lowest BCUT2D eigenvalue weighted by atomic mass is 9.99. The minimum atomic E-state index is -0.807. The van der Waals surface area contributed by atoms with E-state index in [-0.39, 0.29) is 11.9 Å². The number of rotatable bonds is 4. The number of hydrogen-bond acceptors (Lipinski definition) is 3. The number of carbonyl (C=O) groups excluding carboxylic acids is 1. The summed E-state index contributed by atoms with van der Waals surface area (Å²) in [6.07, 6.45) is 2.48. The zero-order valence-electron chi connectivity index (χ0n) is 12.3. The summed E-state index contributed by atoms with van der Waals surface area (Å²) in [4.78, 5) is 27.1. The van der Waals surface area contributed by atoms with Gasteiger partial charge in [-0.2, -0.15) is 0 Å². The van der Waals surface area contributed by atoms with E-state index in [4.69, 9.17) is 5.11 Å². The van der Waals surface area contributed by atoms with Crippen molar-refractivity contribution in [2.75, 3.05) is 32.7 Å². The molecule has 2 aliphatic heterocycles. The van der Waals surface area contributed by atoms with Gasteiger partial charge in [0.05, 0.1) is 5.92 Å². The van der Waals surface area contributed by atoms with Gasteiger partial charge in [0.2, 0.25) is 0 Å². The number of likely N-dealkylation sites (tertiary alicyclic amines) is 2. The molecule has 2 saturated heterocycles. The molecule has 20 heavy (non-hydrogen) atoms. The molecule has 0 saturated carbocycles. The number of nitrogens with zero attached hydrogens (tertiary/aromatic N) is 2. The molecule has 6 heteroatoms. The lowest BCUT2D eigenvalue weighted by Crippen LogP contribution is -2.45. The van der Waals surface area contributed by atoms with Gasteiger partial charge in [-0.3, -0.25) is 9.69 Å².